The number of rotatable bonds is 5. The maximum Gasteiger partial charge on any atom is 0.344 e. The van der Waals surface area contributed by atoms with E-state index in [1.807, 2.05) is 52.5 Å². The van der Waals surface area contributed by atoms with Crippen molar-refractivity contribution in [2.45, 2.75) is 46.5 Å². The molecule has 0 amide bonds. The highest BCUT2D eigenvalue weighted by atomic mass is 79.9. The number of benzene rings is 1. The van der Waals surface area contributed by atoms with Gasteiger partial charge in [0.2, 0.25) is 8.32 Å². The molecule has 1 atom stereocenters. The lowest BCUT2D eigenvalue weighted by Gasteiger charge is -2.29. The van der Waals surface area contributed by atoms with Crippen LogP contribution < -0.4 is 4.74 Å². The average molecular weight is 375 g/mol. The fourth-order valence-electron chi connectivity index (χ4n) is 1.40. The van der Waals surface area contributed by atoms with Gasteiger partial charge in [0.15, 0.2) is 6.10 Å². The van der Waals surface area contributed by atoms with Crippen molar-refractivity contribution in [3.05, 3.63) is 28.7 Å². The van der Waals surface area contributed by atoms with Gasteiger partial charge < -0.3 is 4.74 Å². The van der Waals surface area contributed by atoms with Crippen molar-refractivity contribution in [3.8, 4) is 5.75 Å². The van der Waals surface area contributed by atoms with Crippen LogP contribution in [0.25, 0.3) is 0 Å². The van der Waals surface area contributed by atoms with Crippen molar-refractivity contribution in [3.63, 3.8) is 0 Å². The van der Waals surface area contributed by atoms with E-state index < -0.39 is 25.8 Å². The zero-order valence-electron chi connectivity index (χ0n) is 13.4. The van der Waals surface area contributed by atoms with Crippen LogP contribution >= 0.6 is 15.9 Å². The van der Waals surface area contributed by atoms with Crippen LogP contribution in [0.3, 0.4) is 0 Å². The largest absolute Gasteiger partial charge is 0.425 e. The van der Waals surface area contributed by atoms with Crippen LogP contribution in [-0.2, 0) is 14.3 Å². The Kier molecular flexibility index (Phi) is 6.16. The summed E-state index contributed by atoms with van der Waals surface area (Å²) in [6, 6.07) is 7.07. The van der Waals surface area contributed by atoms with Crippen molar-refractivity contribution < 1.29 is 19.0 Å². The quantitative estimate of drug-likeness (QED) is 0.249. The molecular weight excluding hydrogens is 352 g/mol. The smallest absolute Gasteiger partial charge is 0.344 e. The molecule has 1 aromatic rings. The molecule has 0 radical (unpaired) electrons. The Labute approximate surface area is 136 Å². The van der Waals surface area contributed by atoms with Crippen LogP contribution in [0.1, 0.15) is 20.8 Å². The number of carbonyl (C=O) groups is 1. The molecule has 0 saturated carbocycles. The molecule has 1 unspecified atom stereocenters. The minimum Gasteiger partial charge on any atom is -0.425 e. The summed E-state index contributed by atoms with van der Waals surface area (Å²) in [6.45, 7) is 11.7. The standard InChI is InChI=1S/C15H23BrO4Si/c1-15(2,3)13(19-20-21(4,5)6)14(17)18-12-9-7-11(16)8-10-12/h7-10,13H,1-6H3. The van der Waals surface area contributed by atoms with Crippen LogP contribution in [0.4, 0.5) is 0 Å². The topological polar surface area (TPSA) is 44.8 Å². The first-order chi connectivity index (χ1) is 9.49. The molecule has 0 aliphatic heterocycles. The summed E-state index contributed by atoms with van der Waals surface area (Å²) in [5.74, 6) is 0.0251. The van der Waals surface area contributed by atoms with E-state index in [4.69, 9.17) is 14.2 Å². The van der Waals surface area contributed by atoms with Crippen LogP contribution in [0.15, 0.2) is 28.7 Å². The second kappa shape index (κ2) is 7.04. The molecule has 4 nitrogen and oxygen atoms in total. The Morgan fingerprint density at radius 2 is 1.67 bits per heavy atom. The van der Waals surface area contributed by atoms with E-state index in [1.165, 1.54) is 0 Å². The lowest BCUT2D eigenvalue weighted by molar-refractivity contribution is -0.274. The van der Waals surface area contributed by atoms with Gasteiger partial charge in [-0.3, -0.25) is 4.58 Å². The van der Waals surface area contributed by atoms with Gasteiger partial charge in [0.05, 0.1) is 0 Å². The molecule has 0 aliphatic rings. The molecule has 21 heavy (non-hydrogen) atoms. The zero-order valence-corrected chi connectivity index (χ0v) is 16.0. The van der Waals surface area contributed by atoms with Crippen molar-refractivity contribution >= 4 is 30.2 Å². The molecule has 0 N–H and O–H groups in total. The predicted octanol–water partition coefficient (Wildman–Crippen LogP) is 4.55. The Balaban J connectivity index is 2.78. The van der Waals surface area contributed by atoms with Gasteiger partial charge in [-0.15, -0.1) is 0 Å². The number of esters is 1. The summed E-state index contributed by atoms with van der Waals surface area (Å²) in [5, 5.41) is 0. The molecule has 0 bridgehead atoms. The van der Waals surface area contributed by atoms with Crippen molar-refractivity contribution in [2.75, 3.05) is 0 Å². The molecule has 0 heterocycles. The van der Waals surface area contributed by atoms with E-state index in [0.717, 1.165) is 4.47 Å². The maximum absolute atomic E-state index is 12.3. The molecule has 0 aliphatic carbocycles. The van der Waals surface area contributed by atoms with Crippen LogP contribution in [0, 0.1) is 5.41 Å². The fourth-order valence-corrected chi connectivity index (χ4v) is 2.05. The maximum atomic E-state index is 12.3. The van der Waals surface area contributed by atoms with Gasteiger partial charge in [0.25, 0.3) is 0 Å². The van der Waals surface area contributed by atoms with Crippen LogP contribution in [0.2, 0.25) is 19.6 Å². The van der Waals surface area contributed by atoms with Gasteiger partial charge in [0, 0.05) is 9.89 Å². The van der Waals surface area contributed by atoms with Gasteiger partial charge in [-0.25, -0.2) is 9.68 Å². The Bertz CT molecular complexity index is 474. The summed E-state index contributed by atoms with van der Waals surface area (Å²) < 4.78 is 11.7. The van der Waals surface area contributed by atoms with Gasteiger partial charge in [-0.05, 0) is 43.9 Å². The molecule has 0 saturated heterocycles. The second-order valence-corrected chi connectivity index (χ2v) is 12.2. The predicted molar refractivity (Wildman–Crippen MR) is 88.5 cm³/mol. The van der Waals surface area contributed by atoms with Crippen LogP contribution in [-0.4, -0.2) is 20.4 Å². The third-order valence-electron chi connectivity index (χ3n) is 2.43. The average Bonchev–Trinajstić information content (AvgIpc) is 2.29. The Morgan fingerprint density at radius 1 is 1.14 bits per heavy atom. The van der Waals surface area contributed by atoms with E-state index in [2.05, 4.69) is 15.9 Å². The fraction of sp³-hybridized carbons (Fsp3) is 0.533. The lowest BCUT2D eigenvalue weighted by Crippen LogP contribution is -2.42. The normalized spacial score (nSPS) is 13.9. The molecule has 0 fully saturated rings. The highest BCUT2D eigenvalue weighted by Crippen LogP contribution is 2.26. The molecule has 6 heteroatoms. The molecule has 0 spiro atoms. The molecule has 1 aromatic carbocycles. The van der Waals surface area contributed by atoms with E-state index >= 15 is 0 Å². The van der Waals surface area contributed by atoms with Gasteiger partial charge in [0.1, 0.15) is 5.75 Å². The molecular formula is C15H23BrO4Si. The summed E-state index contributed by atoms with van der Waals surface area (Å²) in [6.07, 6.45) is -0.784. The Morgan fingerprint density at radius 3 is 2.10 bits per heavy atom. The summed E-state index contributed by atoms with van der Waals surface area (Å²) in [7, 11) is -1.88. The summed E-state index contributed by atoms with van der Waals surface area (Å²) >= 11 is 3.34. The monoisotopic (exact) mass is 374 g/mol. The number of halogens is 1. The highest BCUT2D eigenvalue weighted by molar-refractivity contribution is 9.10. The van der Waals surface area contributed by atoms with E-state index in [-0.39, 0.29) is 0 Å². The third-order valence-corrected chi connectivity index (χ3v) is 3.55. The van der Waals surface area contributed by atoms with Crippen molar-refractivity contribution in [1.29, 1.82) is 0 Å². The molecule has 1 rings (SSSR count). The second-order valence-electron chi connectivity index (χ2n) is 6.91. The molecule has 118 valence electrons. The van der Waals surface area contributed by atoms with Gasteiger partial charge in [-0.2, -0.15) is 0 Å². The first-order valence-corrected chi connectivity index (χ1v) is 11.0. The van der Waals surface area contributed by atoms with Crippen molar-refractivity contribution in [1.82, 2.24) is 0 Å². The van der Waals surface area contributed by atoms with Crippen LogP contribution in [0.5, 0.6) is 5.75 Å². The minimum atomic E-state index is -1.88. The minimum absolute atomic E-state index is 0.425. The first kappa shape index (κ1) is 18.4. The number of carbonyl (C=O) groups excluding carboxylic acids is 1. The zero-order chi connectivity index (χ0) is 16.3. The van der Waals surface area contributed by atoms with E-state index in [1.54, 1.807) is 12.1 Å². The number of hydrogen-bond acceptors (Lipinski definition) is 4. The Hall–Kier alpha value is -0.693. The SMILES string of the molecule is CC(C)(C)C(OO[Si](C)(C)C)C(=O)Oc1ccc(Br)cc1. The molecule has 0 aromatic heterocycles. The summed E-state index contributed by atoms with van der Waals surface area (Å²) in [4.78, 5) is 17.7. The first-order valence-electron chi connectivity index (χ1n) is 6.81. The lowest BCUT2D eigenvalue weighted by atomic mass is 9.89. The third kappa shape index (κ3) is 6.73. The number of ether oxygens (including phenoxy) is 1. The van der Waals surface area contributed by atoms with Gasteiger partial charge in [-0.1, -0.05) is 36.7 Å². The van der Waals surface area contributed by atoms with E-state index in [9.17, 15) is 4.79 Å². The summed E-state index contributed by atoms with van der Waals surface area (Å²) in [5.41, 5.74) is -0.425. The van der Waals surface area contributed by atoms with Gasteiger partial charge >= 0.3 is 5.97 Å². The van der Waals surface area contributed by atoms with E-state index in [0.29, 0.717) is 5.75 Å². The van der Waals surface area contributed by atoms with Crippen molar-refractivity contribution in [2.24, 2.45) is 5.41 Å². The number of hydrogen-bond donors (Lipinski definition) is 0. The highest BCUT2D eigenvalue weighted by Gasteiger charge is 2.36.